The molecule has 0 N–H and O–H groups in total. The van der Waals surface area contributed by atoms with Gasteiger partial charge < -0.3 is 4.57 Å². The van der Waals surface area contributed by atoms with Crippen LogP contribution < -0.4 is 5.56 Å². The van der Waals surface area contributed by atoms with E-state index in [1.165, 1.54) is 6.07 Å². The first-order valence-corrected chi connectivity index (χ1v) is 12.2. The molecule has 2 aromatic rings. The van der Waals surface area contributed by atoms with Gasteiger partial charge in [0.05, 0.1) is 22.7 Å². The number of fused-ring (bicyclic) bond motifs is 3. The highest BCUT2D eigenvalue weighted by atomic mass is 19.1. The molecule has 176 valence electrons. The van der Waals surface area contributed by atoms with Gasteiger partial charge in [-0.25, -0.2) is 13.5 Å². The molecule has 5 nitrogen and oxygen atoms in total. The van der Waals surface area contributed by atoms with E-state index < -0.39 is 11.6 Å². The van der Waals surface area contributed by atoms with Crippen LogP contribution in [0.2, 0.25) is 0 Å². The van der Waals surface area contributed by atoms with Gasteiger partial charge in [0.25, 0.3) is 5.56 Å². The zero-order valence-corrected chi connectivity index (χ0v) is 19.7. The van der Waals surface area contributed by atoms with Gasteiger partial charge in [-0.05, 0) is 82.1 Å². The summed E-state index contributed by atoms with van der Waals surface area (Å²) in [5.41, 5.74) is 2.82. The van der Waals surface area contributed by atoms with E-state index in [1.54, 1.807) is 23.0 Å². The minimum absolute atomic E-state index is 0.0391. The number of nitrogens with zero attached hydrogens (tertiary/aromatic N) is 4. The Morgan fingerprint density at radius 2 is 1.59 bits per heavy atom. The Bertz CT molecular complexity index is 1440. The quantitative estimate of drug-likeness (QED) is 0.357. The average Bonchev–Trinajstić information content (AvgIpc) is 3.57. The molecule has 6 rings (SSSR count). The third kappa shape index (κ3) is 3.36. The lowest BCUT2D eigenvalue weighted by Crippen LogP contribution is -2.26. The molecule has 7 heteroatoms. The summed E-state index contributed by atoms with van der Waals surface area (Å²) in [7, 11) is 0. The largest absolute Gasteiger partial charge is 0.341 e. The van der Waals surface area contributed by atoms with Crippen molar-refractivity contribution in [3.63, 3.8) is 0 Å². The van der Waals surface area contributed by atoms with Crippen molar-refractivity contribution in [2.24, 2.45) is 5.92 Å². The minimum Gasteiger partial charge on any atom is -0.341 e. The monoisotopic (exact) mass is 462 g/mol. The molecule has 34 heavy (non-hydrogen) atoms. The second-order valence-corrected chi connectivity index (χ2v) is 10.3. The molecule has 2 saturated carbocycles. The first-order chi connectivity index (χ1) is 16.3. The van der Waals surface area contributed by atoms with Crippen LogP contribution in [-0.4, -0.2) is 19.3 Å². The average molecular weight is 463 g/mol. The standard InChI is InChI=1S/C27H28F2N4O/c1-14-4-6-19(7-5-14)33-27(34)21-13-32(18-8-9-18)26-20(25(21)31-33)12-22(28)23(24(26)29)17-10-15(2)30-16(3)11-17/h10-14,18-19H,4-9H2,1-3H3. The van der Waals surface area contributed by atoms with E-state index >= 15 is 8.78 Å². The minimum atomic E-state index is -0.654. The summed E-state index contributed by atoms with van der Waals surface area (Å²) in [6, 6.07) is 4.92. The number of benzene rings is 1. The molecule has 0 atom stereocenters. The number of hydrogen-bond acceptors (Lipinski definition) is 3. The van der Waals surface area contributed by atoms with Crippen LogP contribution in [0.3, 0.4) is 0 Å². The maximum absolute atomic E-state index is 16.2. The van der Waals surface area contributed by atoms with E-state index in [1.807, 2.05) is 18.4 Å². The van der Waals surface area contributed by atoms with E-state index in [0.29, 0.717) is 45.0 Å². The topological polar surface area (TPSA) is 52.7 Å². The fraction of sp³-hybridized carbons (Fsp3) is 0.444. The van der Waals surface area contributed by atoms with Gasteiger partial charge in [-0.15, -0.1) is 0 Å². The van der Waals surface area contributed by atoms with Crippen LogP contribution in [-0.2, 0) is 0 Å². The first kappa shape index (κ1) is 21.4. The SMILES string of the molecule is Cc1cc(-c2c(F)cc3c4nn(C5CCC(C)CC5)c(=O)c-4cn(C4CC4)c3c2F)cc(C)n1. The Balaban J connectivity index is 1.62. The maximum Gasteiger partial charge on any atom is 0.278 e. The summed E-state index contributed by atoms with van der Waals surface area (Å²) in [6.45, 7) is 5.86. The van der Waals surface area contributed by atoms with Gasteiger partial charge >= 0.3 is 0 Å². The van der Waals surface area contributed by atoms with Gasteiger partial charge in [0.1, 0.15) is 11.5 Å². The lowest BCUT2D eigenvalue weighted by molar-refractivity contribution is 0.270. The molecule has 0 spiro atoms. The lowest BCUT2D eigenvalue weighted by atomic mass is 9.87. The third-order valence-electron chi connectivity index (χ3n) is 7.52. The Hall–Kier alpha value is -3.09. The smallest absolute Gasteiger partial charge is 0.278 e. The third-order valence-corrected chi connectivity index (χ3v) is 7.52. The molecule has 0 unspecified atom stereocenters. The number of pyridine rings is 2. The molecule has 0 bridgehead atoms. The van der Waals surface area contributed by atoms with Crippen molar-refractivity contribution in [1.82, 2.24) is 19.3 Å². The number of halogens is 2. The maximum atomic E-state index is 16.2. The Morgan fingerprint density at radius 1 is 0.941 bits per heavy atom. The molecule has 1 aromatic heterocycles. The van der Waals surface area contributed by atoms with Crippen molar-refractivity contribution in [2.45, 2.75) is 71.4 Å². The molecule has 2 aliphatic carbocycles. The highest BCUT2D eigenvalue weighted by molar-refractivity contribution is 5.97. The van der Waals surface area contributed by atoms with Gasteiger partial charge in [0, 0.05) is 29.0 Å². The van der Waals surface area contributed by atoms with Crippen LogP contribution in [0.25, 0.3) is 33.3 Å². The Kier molecular flexibility index (Phi) is 4.87. The normalized spacial score (nSPS) is 21.0. The summed E-state index contributed by atoms with van der Waals surface area (Å²) >= 11 is 0. The molecule has 2 aliphatic heterocycles. The van der Waals surface area contributed by atoms with Crippen LogP contribution in [0.1, 0.15) is 68.9 Å². The zero-order chi connectivity index (χ0) is 23.7. The summed E-state index contributed by atoms with van der Waals surface area (Å²) < 4.78 is 35.1. The molecule has 4 aliphatic rings. The molecule has 0 saturated heterocycles. The van der Waals surface area contributed by atoms with E-state index in [-0.39, 0.29) is 23.2 Å². The van der Waals surface area contributed by atoms with Crippen molar-refractivity contribution in [2.75, 3.05) is 0 Å². The number of rotatable bonds is 3. The summed E-state index contributed by atoms with van der Waals surface area (Å²) in [5, 5.41) is 5.04. The lowest BCUT2D eigenvalue weighted by Gasteiger charge is -2.25. The van der Waals surface area contributed by atoms with Crippen molar-refractivity contribution >= 4 is 10.9 Å². The van der Waals surface area contributed by atoms with Crippen molar-refractivity contribution in [1.29, 1.82) is 0 Å². The molecular weight excluding hydrogens is 434 g/mol. The fourth-order valence-corrected chi connectivity index (χ4v) is 5.61. The highest BCUT2D eigenvalue weighted by Crippen LogP contribution is 2.43. The van der Waals surface area contributed by atoms with Crippen molar-refractivity contribution < 1.29 is 8.78 Å². The second-order valence-electron chi connectivity index (χ2n) is 10.3. The summed E-state index contributed by atoms with van der Waals surface area (Å²) in [6.07, 6.45) is 7.49. The van der Waals surface area contributed by atoms with E-state index in [0.717, 1.165) is 38.5 Å². The first-order valence-electron chi connectivity index (χ1n) is 12.2. The van der Waals surface area contributed by atoms with Crippen LogP contribution in [0.4, 0.5) is 8.78 Å². The molecule has 2 fully saturated rings. The Morgan fingerprint density at radius 3 is 2.24 bits per heavy atom. The van der Waals surface area contributed by atoms with Gasteiger partial charge in [0.15, 0.2) is 5.82 Å². The molecular formula is C27H28F2N4O. The van der Waals surface area contributed by atoms with E-state index in [2.05, 4.69) is 17.0 Å². The van der Waals surface area contributed by atoms with Crippen LogP contribution in [0.5, 0.6) is 0 Å². The number of aryl methyl sites for hydroxylation is 2. The Labute approximate surface area is 196 Å². The molecule has 0 amide bonds. The van der Waals surface area contributed by atoms with Crippen LogP contribution in [0.15, 0.2) is 29.2 Å². The fourth-order valence-electron chi connectivity index (χ4n) is 5.61. The zero-order valence-electron chi connectivity index (χ0n) is 19.7. The number of hydrogen-bond donors (Lipinski definition) is 0. The predicted octanol–water partition coefficient (Wildman–Crippen LogP) is 6.35. The van der Waals surface area contributed by atoms with Crippen molar-refractivity contribution in [3.05, 3.63) is 57.8 Å². The summed E-state index contributed by atoms with van der Waals surface area (Å²) in [4.78, 5) is 17.7. The highest BCUT2D eigenvalue weighted by Gasteiger charge is 2.33. The number of aromatic nitrogens is 4. The van der Waals surface area contributed by atoms with Crippen LogP contribution >= 0.6 is 0 Å². The van der Waals surface area contributed by atoms with Crippen molar-refractivity contribution in [3.8, 4) is 22.4 Å². The summed E-state index contributed by atoms with van der Waals surface area (Å²) in [5.74, 6) is -0.614. The van der Waals surface area contributed by atoms with Crippen LogP contribution in [0, 0.1) is 31.4 Å². The molecule has 3 heterocycles. The van der Waals surface area contributed by atoms with Gasteiger partial charge in [0.2, 0.25) is 0 Å². The molecule has 0 radical (unpaired) electrons. The predicted molar refractivity (Wildman–Crippen MR) is 128 cm³/mol. The van der Waals surface area contributed by atoms with Gasteiger partial charge in [-0.2, -0.15) is 5.10 Å². The second kappa shape index (κ2) is 7.72. The van der Waals surface area contributed by atoms with E-state index in [9.17, 15) is 4.79 Å². The van der Waals surface area contributed by atoms with Gasteiger partial charge in [-0.3, -0.25) is 9.78 Å². The molecule has 1 aromatic carbocycles. The van der Waals surface area contributed by atoms with E-state index in [4.69, 9.17) is 0 Å². The van der Waals surface area contributed by atoms with Gasteiger partial charge in [-0.1, -0.05) is 6.92 Å².